The van der Waals surface area contributed by atoms with Crippen LogP contribution in [-0.2, 0) is 24.0 Å². The minimum absolute atomic E-state index is 0.104. The second kappa shape index (κ2) is 11.0. The normalized spacial score (nSPS) is 12.8. The van der Waals surface area contributed by atoms with Crippen molar-refractivity contribution in [3.8, 4) is 0 Å². The van der Waals surface area contributed by atoms with E-state index in [1.807, 2.05) is 0 Å². The van der Waals surface area contributed by atoms with Crippen LogP contribution in [0.4, 0.5) is 0 Å². The molecule has 0 aliphatic heterocycles. The molecule has 3 amide bonds. The maximum Gasteiger partial charge on any atom is 0.326 e. The van der Waals surface area contributed by atoms with Gasteiger partial charge in [0.15, 0.2) is 0 Å². The predicted octanol–water partition coefficient (Wildman–Crippen LogP) is -2.36. The topological polar surface area (TPSA) is 188 Å². The van der Waals surface area contributed by atoms with Crippen molar-refractivity contribution >= 4 is 29.7 Å². The van der Waals surface area contributed by atoms with Gasteiger partial charge in [-0.15, -0.1) is 0 Å². The minimum Gasteiger partial charge on any atom is -0.481 e. The fourth-order valence-corrected chi connectivity index (χ4v) is 1.60. The number of carboxylic acids is 2. The number of aliphatic carboxylic acids is 2. The Hall–Kier alpha value is -2.69. The lowest BCUT2D eigenvalue weighted by Crippen LogP contribution is -2.49. The molecule has 0 fully saturated rings. The van der Waals surface area contributed by atoms with Gasteiger partial charge in [0, 0.05) is 6.42 Å². The number of hydrogen-bond acceptors (Lipinski definition) is 6. The van der Waals surface area contributed by atoms with Gasteiger partial charge >= 0.3 is 11.9 Å². The van der Waals surface area contributed by atoms with Crippen LogP contribution in [0.1, 0.15) is 26.7 Å². The number of rotatable bonds is 11. The Morgan fingerprint density at radius 3 is 2.00 bits per heavy atom. The van der Waals surface area contributed by atoms with Gasteiger partial charge in [-0.25, -0.2) is 4.79 Å². The predicted molar refractivity (Wildman–Crippen MR) is 85.3 cm³/mol. The van der Waals surface area contributed by atoms with E-state index in [1.54, 1.807) is 13.8 Å². The molecule has 0 spiro atoms. The fraction of sp³-hybridized carbons (Fsp3) is 0.643. The first-order chi connectivity index (χ1) is 11.5. The van der Waals surface area contributed by atoms with Gasteiger partial charge < -0.3 is 31.9 Å². The Balaban J connectivity index is 4.22. The SMILES string of the molecule is CC(C)C(N)C(=O)NCC(=O)NCC(=O)NC(CCC(=O)O)C(=O)O. The fourth-order valence-electron chi connectivity index (χ4n) is 1.60. The largest absolute Gasteiger partial charge is 0.481 e. The van der Waals surface area contributed by atoms with Crippen molar-refractivity contribution < 1.29 is 34.2 Å². The zero-order valence-corrected chi connectivity index (χ0v) is 14.1. The molecule has 11 heteroatoms. The zero-order valence-electron chi connectivity index (χ0n) is 14.1. The number of amides is 3. The second-order valence-electron chi connectivity index (χ2n) is 5.66. The standard InChI is InChI=1S/C14H24N4O7/c1-7(2)12(15)13(23)17-5-9(19)16-6-10(20)18-8(14(24)25)3-4-11(21)22/h7-8,12H,3-6,15H2,1-2H3,(H,16,19)(H,17,23)(H,18,20)(H,21,22)(H,24,25). The van der Waals surface area contributed by atoms with Crippen molar-refractivity contribution in [1.82, 2.24) is 16.0 Å². The van der Waals surface area contributed by atoms with Crippen LogP contribution in [0.2, 0.25) is 0 Å². The molecule has 25 heavy (non-hydrogen) atoms. The van der Waals surface area contributed by atoms with Crippen LogP contribution in [0.25, 0.3) is 0 Å². The van der Waals surface area contributed by atoms with E-state index in [-0.39, 0.29) is 18.9 Å². The number of nitrogens with one attached hydrogen (secondary N) is 3. The molecule has 2 unspecified atom stereocenters. The molecule has 11 nitrogen and oxygen atoms in total. The highest BCUT2D eigenvalue weighted by molar-refractivity contribution is 5.90. The van der Waals surface area contributed by atoms with Gasteiger partial charge in [0.2, 0.25) is 17.7 Å². The summed E-state index contributed by atoms with van der Waals surface area (Å²) in [5.41, 5.74) is 5.60. The molecule has 0 aromatic heterocycles. The molecule has 0 aliphatic rings. The van der Waals surface area contributed by atoms with Gasteiger partial charge in [-0.3, -0.25) is 19.2 Å². The van der Waals surface area contributed by atoms with Gasteiger partial charge in [-0.1, -0.05) is 13.8 Å². The molecule has 0 heterocycles. The van der Waals surface area contributed by atoms with Crippen LogP contribution < -0.4 is 21.7 Å². The van der Waals surface area contributed by atoms with Crippen LogP contribution in [0.15, 0.2) is 0 Å². The lowest BCUT2D eigenvalue weighted by atomic mass is 10.1. The molecule has 0 aromatic rings. The quantitative estimate of drug-likeness (QED) is 0.236. The van der Waals surface area contributed by atoms with Gasteiger partial charge in [0.05, 0.1) is 19.1 Å². The Bertz CT molecular complexity index is 521. The highest BCUT2D eigenvalue weighted by Crippen LogP contribution is 1.98. The van der Waals surface area contributed by atoms with Crippen molar-refractivity contribution in [3.63, 3.8) is 0 Å². The van der Waals surface area contributed by atoms with Crippen molar-refractivity contribution in [2.24, 2.45) is 11.7 Å². The summed E-state index contributed by atoms with van der Waals surface area (Å²) in [5.74, 6) is -4.63. The summed E-state index contributed by atoms with van der Waals surface area (Å²) in [7, 11) is 0. The molecule has 2 atom stereocenters. The third kappa shape index (κ3) is 9.91. The van der Waals surface area contributed by atoms with E-state index in [9.17, 15) is 24.0 Å². The Kier molecular flexibility index (Phi) is 9.79. The van der Waals surface area contributed by atoms with E-state index in [1.165, 1.54) is 0 Å². The molecule has 7 N–H and O–H groups in total. The lowest BCUT2D eigenvalue weighted by molar-refractivity contribution is -0.143. The summed E-state index contributed by atoms with van der Waals surface area (Å²) in [6, 6.07) is -2.13. The Morgan fingerprint density at radius 2 is 1.52 bits per heavy atom. The van der Waals surface area contributed by atoms with Crippen LogP contribution in [0.3, 0.4) is 0 Å². The average molecular weight is 360 g/mol. The molecule has 0 saturated carbocycles. The number of hydrogen-bond donors (Lipinski definition) is 6. The molecule has 0 rings (SSSR count). The summed E-state index contributed by atoms with van der Waals surface area (Å²) in [5, 5.41) is 24.0. The third-order valence-electron chi connectivity index (χ3n) is 3.17. The maximum atomic E-state index is 11.6. The van der Waals surface area contributed by atoms with Gasteiger partial charge in [-0.05, 0) is 12.3 Å². The number of carbonyl (C=O) groups is 5. The first-order valence-corrected chi connectivity index (χ1v) is 7.58. The molecule has 0 aliphatic carbocycles. The zero-order chi connectivity index (χ0) is 19.6. The summed E-state index contributed by atoms with van der Waals surface area (Å²) in [6.45, 7) is 2.60. The third-order valence-corrected chi connectivity index (χ3v) is 3.17. The van der Waals surface area contributed by atoms with E-state index in [2.05, 4.69) is 16.0 Å². The minimum atomic E-state index is -1.38. The number of nitrogens with two attached hydrogens (primary N) is 1. The lowest BCUT2D eigenvalue weighted by Gasteiger charge is -2.15. The van der Waals surface area contributed by atoms with Crippen LogP contribution in [0.5, 0.6) is 0 Å². The number of carbonyl (C=O) groups excluding carboxylic acids is 3. The molecule has 0 bridgehead atoms. The average Bonchev–Trinajstić information content (AvgIpc) is 2.52. The molecule has 0 saturated heterocycles. The van der Waals surface area contributed by atoms with Crippen LogP contribution >= 0.6 is 0 Å². The summed E-state index contributed by atoms with van der Waals surface area (Å²) in [6.07, 6.45) is -0.709. The van der Waals surface area contributed by atoms with Crippen LogP contribution in [0, 0.1) is 5.92 Å². The first-order valence-electron chi connectivity index (χ1n) is 7.58. The van der Waals surface area contributed by atoms with Crippen molar-refractivity contribution in [3.05, 3.63) is 0 Å². The van der Waals surface area contributed by atoms with E-state index in [0.29, 0.717) is 0 Å². The van der Waals surface area contributed by atoms with Gasteiger partial charge in [0.1, 0.15) is 6.04 Å². The number of carboxylic acid groups (broad SMARTS) is 2. The van der Waals surface area contributed by atoms with E-state index < -0.39 is 54.7 Å². The monoisotopic (exact) mass is 360 g/mol. The second-order valence-corrected chi connectivity index (χ2v) is 5.66. The molecule has 0 aromatic carbocycles. The highest BCUT2D eigenvalue weighted by atomic mass is 16.4. The van der Waals surface area contributed by atoms with E-state index >= 15 is 0 Å². The van der Waals surface area contributed by atoms with Crippen molar-refractivity contribution in [1.29, 1.82) is 0 Å². The summed E-state index contributed by atoms with van der Waals surface area (Å²) >= 11 is 0. The summed E-state index contributed by atoms with van der Waals surface area (Å²) < 4.78 is 0. The molecule has 142 valence electrons. The Morgan fingerprint density at radius 1 is 0.960 bits per heavy atom. The van der Waals surface area contributed by atoms with Gasteiger partial charge in [-0.2, -0.15) is 0 Å². The molecule has 0 radical (unpaired) electrons. The maximum absolute atomic E-state index is 11.6. The first kappa shape index (κ1) is 22.3. The summed E-state index contributed by atoms with van der Waals surface area (Å²) in [4.78, 5) is 56.1. The molecular weight excluding hydrogens is 336 g/mol. The van der Waals surface area contributed by atoms with E-state index in [0.717, 1.165) is 0 Å². The highest BCUT2D eigenvalue weighted by Gasteiger charge is 2.21. The molecular formula is C14H24N4O7. The smallest absolute Gasteiger partial charge is 0.326 e. The van der Waals surface area contributed by atoms with E-state index in [4.69, 9.17) is 15.9 Å². The van der Waals surface area contributed by atoms with Crippen molar-refractivity contribution in [2.75, 3.05) is 13.1 Å². The van der Waals surface area contributed by atoms with Crippen molar-refractivity contribution in [2.45, 2.75) is 38.8 Å². The Labute approximate surface area is 144 Å². The van der Waals surface area contributed by atoms with Crippen LogP contribution in [-0.4, -0.2) is 65.0 Å². The van der Waals surface area contributed by atoms with Gasteiger partial charge in [0.25, 0.3) is 0 Å².